The summed E-state index contributed by atoms with van der Waals surface area (Å²) in [6.45, 7) is 3.87. The van der Waals surface area contributed by atoms with Crippen LogP contribution in [0.4, 0.5) is 30.7 Å². The Morgan fingerprint density at radius 2 is 1.64 bits per heavy atom. The van der Waals surface area contributed by atoms with Gasteiger partial charge in [-0.25, -0.2) is 22.4 Å². The first kappa shape index (κ1) is 28.3. The van der Waals surface area contributed by atoms with Crippen LogP contribution in [0.1, 0.15) is 27.0 Å². The standard InChI is InChI=1S/C24H15F7O6SSi/c1-9-6-10(23(33)34)4-5-11(9)16-12-7-14(25)19(32)17(27)21(12)39(2,3)22-13(16)8-15(26)20(18(22)28)37-38(35,36)24(29,30)31/h4-8H,1-3H3,(H,33,34). The van der Waals surface area contributed by atoms with E-state index in [1.165, 1.54) is 26.1 Å². The lowest BCUT2D eigenvalue weighted by molar-refractivity contribution is -0.115. The normalized spacial score (nSPS) is 17.1. The molecule has 1 N–H and O–H groups in total. The number of hydrogen-bond donors (Lipinski definition) is 1. The molecule has 206 valence electrons. The number of rotatable bonds is 4. The van der Waals surface area contributed by atoms with Crippen molar-refractivity contribution < 1.29 is 58.0 Å². The number of carboxylic acids is 1. The van der Waals surface area contributed by atoms with E-state index in [0.717, 1.165) is 12.1 Å². The fraction of sp³-hybridized carbons (Fsp3) is 0.167. The van der Waals surface area contributed by atoms with Crippen LogP contribution in [0.2, 0.25) is 13.1 Å². The summed E-state index contributed by atoms with van der Waals surface area (Å²) in [5, 5.41) is 8.18. The third kappa shape index (κ3) is 4.29. The lowest BCUT2D eigenvalue weighted by atomic mass is 9.86. The molecular weight excluding hydrogens is 577 g/mol. The summed E-state index contributed by atoms with van der Waals surface area (Å²) in [6.07, 6.45) is 0.659. The Morgan fingerprint density at radius 1 is 1.03 bits per heavy atom. The van der Waals surface area contributed by atoms with Gasteiger partial charge in [0.1, 0.15) is 8.07 Å². The first-order valence-electron chi connectivity index (χ1n) is 10.8. The molecule has 1 heterocycles. The fourth-order valence-electron chi connectivity index (χ4n) is 4.69. The molecule has 0 fully saturated rings. The topological polar surface area (TPSA) is 97.7 Å². The number of fused-ring (bicyclic) bond motifs is 2. The van der Waals surface area contributed by atoms with Gasteiger partial charge in [-0.15, -0.1) is 0 Å². The van der Waals surface area contributed by atoms with Crippen molar-refractivity contribution in [3.63, 3.8) is 0 Å². The fourth-order valence-corrected chi connectivity index (χ4v) is 8.47. The van der Waals surface area contributed by atoms with Crippen molar-refractivity contribution in [3.8, 4) is 5.75 Å². The van der Waals surface area contributed by atoms with Gasteiger partial charge in [0.2, 0.25) is 11.5 Å². The number of carboxylic acid groups (broad SMARTS) is 1. The van der Waals surface area contributed by atoms with Gasteiger partial charge in [-0.1, -0.05) is 19.2 Å². The molecular formula is C24H15F7O6SSi. The lowest BCUT2D eigenvalue weighted by Gasteiger charge is -2.38. The van der Waals surface area contributed by atoms with E-state index in [-0.39, 0.29) is 27.8 Å². The van der Waals surface area contributed by atoms with Crippen LogP contribution in [0.3, 0.4) is 0 Å². The van der Waals surface area contributed by atoms with Crippen molar-refractivity contribution in [1.29, 1.82) is 0 Å². The molecule has 0 unspecified atom stereocenters. The van der Waals surface area contributed by atoms with E-state index < -0.39 is 80.4 Å². The van der Waals surface area contributed by atoms with Crippen LogP contribution < -0.4 is 9.37 Å². The van der Waals surface area contributed by atoms with Crippen LogP contribution in [-0.2, 0) is 14.9 Å². The van der Waals surface area contributed by atoms with E-state index in [2.05, 4.69) is 4.18 Å². The van der Waals surface area contributed by atoms with Gasteiger partial charge in [-0.05, 0) is 69.4 Å². The Bertz CT molecular complexity index is 1700. The Kier molecular flexibility index (Phi) is 6.46. The average molecular weight is 593 g/mol. The highest BCUT2D eigenvalue weighted by atomic mass is 32.2. The average Bonchev–Trinajstić information content (AvgIpc) is 2.79. The van der Waals surface area contributed by atoms with Crippen LogP contribution in [0.5, 0.6) is 5.75 Å². The second kappa shape index (κ2) is 8.91. The van der Waals surface area contributed by atoms with Gasteiger partial charge in [-0.3, -0.25) is 4.79 Å². The highest BCUT2D eigenvalue weighted by Crippen LogP contribution is 2.47. The minimum atomic E-state index is -6.53. The summed E-state index contributed by atoms with van der Waals surface area (Å²) in [5.74, 6) is -11.8. The predicted octanol–water partition coefficient (Wildman–Crippen LogP) is 5.13. The molecule has 0 spiro atoms. The Hall–Kier alpha value is -3.72. The molecule has 1 aliphatic carbocycles. The van der Waals surface area contributed by atoms with Crippen LogP contribution in [0.15, 0.2) is 52.8 Å². The molecule has 0 saturated carbocycles. The summed E-state index contributed by atoms with van der Waals surface area (Å²) in [6, 6.07) is 3.92. The molecule has 0 bridgehead atoms. The number of carbonyl (C=O) groups is 2. The van der Waals surface area contributed by atoms with Crippen molar-refractivity contribution in [2.75, 3.05) is 0 Å². The number of carbonyl (C=O) groups excluding carboxylic acids is 1. The van der Waals surface area contributed by atoms with E-state index >= 15 is 13.2 Å². The lowest BCUT2D eigenvalue weighted by Crippen LogP contribution is -2.52. The van der Waals surface area contributed by atoms with Crippen LogP contribution in [0, 0.1) is 18.6 Å². The molecule has 6 nitrogen and oxygen atoms in total. The van der Waals surface area contributed by atoms with E-state index in [1.807, 2.05) is 0 Å². The van der Waals surface area contributed by atoms with Crippen molar-refractivity contribution in [2.24, 2.45) is 0 Å². The summed E-state index contributed by atoms with van der Waals surface area (Å²) < 4.78 is 126. The van der Waals surface area contributed by atoms with Gasteiger partial charge >= 0.3 is 21.6 Å². The molecule has 0 amide bonds. The third-order valence-corrected chi connectivity index (χ3v) is 10.8. The summed E-state index contributed by atoms with van der Waals surface area (Å²) in [4.78, 5) is 23.6. The molecule has 2 aromatic carbocycles. The Morgan fingerprint density at radius 3 is 2.18 bits per heavy atom. The quantitative estimate of drug-likeness (QED) is 0.229. The number of aryl methyl sites for hydroxylation is 1. The molecule has 0 saturated heterocycles. The smallest absolute Gasteiger partial charge is 0.478 e. The number of alkyl halides is 3. The molecule has 2 aliphatic rings. The highest BCUT2D eigenvalue weighted by molar-refractivity contribution is 7.88. The zero-order valence-corrected chi connectivity index (χ0v) is 21.7. The third-order valence-electron chi connectivity index (χ3n) is 6.36. The number of ketones is 1. The van der Waals surface area contributed by atoms with E-state index in [4.69, 9.17) is 0 Å². The van der Waals surface area contributed by atoms with Gasteiger partial charge in [0.05, 0.1) is 5.56 Å². The summed E-state index contributed by atoms with van der Waals surface area (Å²) in [7, 11) is -10.5. The zero-order chi connectivity index (χ0) is 29.4. The molecule has 1 aliphatic heterocycles. The minimum absolute atomic E-state index is 0.0276. The Labute approximate surface area is 216 Å². The van der Waals surface area contributed by atoms with E-state index in [9.17, 15) is 40.7 Å². The second-order valence-electron chi connectivity index (χ2n) is 9.17. The van der Waals surface area contributed by atoms with Crippen molar-refractivity contribution in [2.45, 2.75) is 25.5 Å². The predicted molar refractivity (Wildman–Crippen MR) is 126 cm³/mol. The van der Waals surface area contributed by atoms with E-state index in [0.29, 0.717) is 12.1 Å². The van der Waals surface area contributed by atoms with Crippen LogP contribution in [0.25, 0.3) is 5.57 Å². The number of benzene rings is 2. The summed E-state index contributed by atoms with van der Waals surface area (Å²) in [5.41, 5.74) is -6.99. The van der Waals surface area contributed by atoms with Gasteiger partial charge in [0.15, 0.2) is 23.3 Å². The second-order valence-corrected chi connectivity index (χ2v) is 15.0. The minimum Gasteiger partial charge on any atom is -0.478 e. The number of allylic oxidation sites excluding steroid dienone is 5. The molecule has 4 rings (SSSR count). The van der Waals surface area contributed by atoms with Gasteiger partial charge in [0.25, 0.3) is 0 Å². The van der Waals surface area contributed by atoms with Gasteiger partial charge in [-0.2, -0.15) is 21.6 Å². The molecule has 0 aromatic heterocycles. The number of Topliss-reactive ketones (excluding diaryl/α,β-unsaturated/α-hetero) is 1. The number of halogens is 7. The van der Waals surface area contributed by atoms with Crippen LogP contribution >= 0.6 is 0 Å². The first-order chi connectivity index (χ1) is 17.8. The SMILES string of the molecule is Cc1cc(C(=O)O)ccc1C1=C2C=C(F)C(=O)C(F)=C2[Si](C)(C)c2c1cc(F)c(OS(=O)(=O)C(F)(F)F)c2F. The van der Waals surface area contributed by atoms with Crippen molar-refractivity contribution in [1.82, 2.24) is 0 Å². The highest BCUT2D eigenvalue weighted by Gasteiger charge is 2.51. The van der Waals surface area contributed by atoms with Gasteiger partial charge < -0.3 is 9.29 Å². The van der Waals surface area contributed by atoms with Crippen molar-refractivity contribution >= 4 is 40.7 Å². The van der Waals surface area contributed by atoms with Crippen molar-refractivity contribution in [3.05, 3.63) is 86.7 Å². The number of hydrogen-bond acceptors (Lipinski definition) is 5. The molecule has 15 heteroatoms. The maximum atomic E-state index is 15.9. The maximum absolute atomic E-state index is 15.9. The first-order valence-corrected chi connectivity index (χ1v) is 15.2. The molecule has 2 aromatic rings. The maximum Gasteiger partial charge on any atom is 0.534 e. The molecule has 0 atom stereocenters. The monoisotopic (exact) mass is 592 g/mol. The molecule has 0 radical (unpaired) electrons. The largest absolute Gasteiger partial charge is 0.534 e. The molecule has 39 heavy (non-hydrogen) atoms. The van der Waals surface area contributed by atoms with Crippen LogP contribution in [-0.4, -0.2) is 38.9 Å². The number of aromatic carboxylic acids is 1. The van der Waals surface area contributed by atoms with Gasteiger partial charge in [0, 0.05) is 0 Å². The Balaban J connectivity index is 2.16. The zero-order valence-electron chi connectivity index (χ0n) is 19.9. The van der Waals surface area contributed by atoms with E-state index in [1.54, 1.807) is 0 Å². The summed E-state index contributed by atoms with van der Waals surface area (Å²) >= 11 is 0.